The topological polar surface area (TPSA) is 105 Å². The van der Waals surface area contributed by atoms with E-state index in [-0.39, 0.29) is 11.4 Å². The maximum absolute atomic E-state index is 12.8. The van der Waals surface area contributed by atoms with Crippen molar-refractivity contribution in [2.45, 2.75) is 51.2 Å². The van der Waals surface area contributed by atoms with Gasteiger partial charge < -0.3 is 10.3 Å². The molecule has 3 N–H and O–H groups in total. The highest BCUT2D eigenvalue weighted by Crippen LogP contribution is 2.31. The Morgan fingerprint density at radius 3 is 2.53 bits per heavy atom. The van der Waals surface area contributed by atoms with Crippen LogP contribution in [-0.4, -0.2) is 15.7 Å². The monoisotopic (exact) mass is 417 g/mol. The molecule has 6 nitrogen and oxygen atoms in total. The summed E-state index contributed by atoms with van der Waals surface area (Å²) in [5.41, 5.74) is -1.48. The molecule has 1 unspecified atom stereocenters. The van der Waals surface area contributed by atoms with E-state index in [1.165, 1.54) is 12.1 Å². The number of nitriles is 1. The highest BCUT2D eigenvalue weighted by atomic mass is 19.4. The van der Waals surface area contributed by atoms with Crippen LogP contribution in [0.3, 0.4) is 0 Å². The van der Waals surface area contributed by atoms with E-state index in [2.05, 4.69) is 15.3 Å². The number of aromatic nitrogens is 2. The number of rotatable bonds is 6. The molecule has 0 amide bonds. The summed E-state index contributed by atoms with van der Waals surface area (Å²) in [6.45, 7) is 1.71. The van der Waals surface area contributed by atoms with Gasteiger partial charge in [0.05, 0.1) is 5.56 Å². The molecular formula is C21H22F3N5O. The first-order valence-electron chi connectivity index (χ1n) is 9.75. The van der Waals surface area contributed by atoms with Crippen LogP contribution in [0.15, 0.2) is 29.1 Å². The van der Waals surface area contributed by atoms with Gasteiger partial charge in [0.25, 0.3) is 5.56 Å². The van der Waals surface area contributed by atoms with Crippen LogP contribution < -0.4 is 10.9 Å². The second kappa shape index (κ2) is 8.69. The number of nitrogens with one attached hydrogen (secondary N) is 3. The molecule has 0 radical (unpaired) electrons. The number of anilines is 1. The summed E-state index contributed by atoms with van der Waals surface area (Å²) in [4.78, 5) is 19.7. The number of aromatic amines is 1. The summed E-state index contributed by atoms with van der Waals surface area (Å²) < 4.78 is 38.4. The Labute approximate surface area is 171 Å². The van der Waals surface area contributed by atoms with E-state index in [0.29, 0.717) is 23.7 Å². The predicted molar refractivity (Wildman–Crippen MR) is 106 cm³/mol. The van der Waals surface area contributed by atoms with Gasteiger partial charge in [-0.05, 0) is 30.5 Å². The van der Waals surface area contributed by atoms with Crippen molar-refractivity contribution in [3.63, 3.8) is 0 Å². The van der Waals surface area contributed by atoms with Crippen LogP contribution >= 0.6 is 0 Å². The number of hydrogen-bond donors (Lipinski definition) is 3. The van der Waals surface area contributed by atoms with Crippen LogP contribution in [0.1, 0.15) is 61.2 Å². The fraction of sp³-hybridized carbons (Fsp3) is 0.429. The van der Waals surface area contributed by atoms with Crippen molar-refractivity contribution >= 4 is 11.5 Å². The Bertz CT molecular complexity index is 1010. The minimum absolute atomic E-state index is 0.0886. The second-order valence-electron chi connectivity index (χ2n) is 7.56. The second-order valence-corrected chi connectivity index (χ2v) is 7.56. The molecule has 3 rings (SSSR count). The van der Waals surface area contributed by atoms with Gasteiger partial charge in [-0.15, -0.1) is 0 Å². The molecule has 1 aromatic heterocycles. The molecule has 1 atom stereocenters. The minimum atomic E-state index is -4.42. The zero-order valence-electron chi connectivity index (χ0n) is 16.4. The number of hydrogen-bond acceptors (Lipinski definition) is 5. The zero-order valence-corrected chi connectivity index (χ0v) is 16.4. The normalized spacial score (nSPS) is 15.6. The molecule has 0 spiro atoms. The van der Waals surface area contributed by atoms with Gasteiger partial charge in [-0.2, -0.15) is 18.4 Å². The van der Waals surface area contributed by atoms with Crippen molar-refractivity contribution in [1.82, 2.24) is 9.97 Å². The maximum Gasteiger partial charge on any atom is 0.416 e. The van der Waals surface area contributed by atoms with Crippen LogP contribution in [0.25, 0.3) is 0 Å². The van der Waals surface area contributed by atoms with Gasteiger partial charge in [0.2, 0.25) is 0 Å². The molecule has 1 saturated carbocycles. The van der Waals surface area contributed by atoms with E-state index in [1.54, 1.807) is 13.0 Å². The largest absolute Gasteiger partial charge is 0.416 e. The van der Waals surface area contributed by atoms with Crippen molar-refractivity contribution in [2.24, 2.45) is 5.92 Å². The van der Waals surface area contributed by atoms with Crippen molar-refractivity contribution in [1.29, 1.82) is 10.7 Å². The zero-order chi connectivity index (χ0) is 21.9. The first-order valence-corrected chi connectivity index (χ1v) is 9.75. The number of benzene rings is 1. The first-order chi connectivity index (χ1) is 14.2. The highest BCUT2D eigenvalue weighted by molar-refractivity contribution is 6.12. The number of alkyl halides is 3. The third-order valence-electron chi connectivity index (χ3n) is 5.38. The SMILES string of the molecule is CC(Nc1nc(CC2CCCC2)[nH]c(=O)c1C(=N)C#N)c1ccc(C(F)(F)F)cc1. The van der Waals surface area contributed by atoms with Gasteiger partial charge in [-0.25, -0.2) is 4.98 Å². The molecule has 1 aliphatic carbocycles. The Kier molecular flexibility index (Phi) is 6.25. The van der Waals surface area contributed by atoms with Crippen LogP contribution in [0.5, 0.6) is 0 Å². The molecule has 0 bridgehead atoms. The molecule has 1 heterocycles. The highest BCUT2D eigenvalue weighted by Gasteiger charge is 2.30. The van der Waals surface area contributed by atoms with Gasteiger partial charge in [0.1, 0.15) is 29.0 Å². The summed E-state index contributed by atoms with van der Waals surface area (Å²) in [5.74, 6) is 0.990. The van der Waals surface area contributed by atoms with Crippen molar-refractivity contribution < 1.29 is 13.2 Å². The first kappa shape index (κ1) is 21.6. The lowest BCUT2D eigenvalue weighted by molar-refractivity contribution is -0.137. The Hall–Kier alpha value is -3.15. The van der Waals surface area contributed by atoms with Gasteiger partial charge in [0.15, 0.2) is 0 Å². The molecule has 1 aliphatic rings. The third kappa shape index (κ3) is 4.87. The molecule has 0 aliphatic heterocycles. The molecule has 1 aromatic carbocycles. The van der Waals surface area contributed by atoms with Crippen LogP contribution in [0, 0.1) is 22.7 Å². The average molecular weight is 417 g/mol. The summed E-state index contributed by atoms with van der Waals surface area (Å²) in [7, 11) is 0. The van der Waals surface area contributed by atoms with Gasteiger partial charge in [-0.3, -0.25) is 10.2 Å². The minimum Gasteiger partial charge on any atom is -0.363 e. The number of H-pyrrole nitrogens is 1. The number of halogens is 3. The van der Waals surface area contributed by atoms with E-state index in [4.69, 9.17) is 10.7 Å². The Morgan fingerprint density at radius 1 is 1.33 bits per heavy atom. The number of nitrogens with zero attached hydrogens (tertiary/aromatic N) is 2. The molecule has 1 fully saturated rings. The summed E-state index contributed by atoms with van der Waals surface area (Å²) >= 11 is 0. The average Bonchev–Trinajstić information content (AvgIpc) is 3.19. The molecule has 0 saturated heterocycles. The molecule has 2 aromatic rings. The molecule has 30 heavy (non-hydrogen) atoms. The van der Waals surface area contributed by atoms with Crippen LogP contribution in [0.4, 0.5) is 19.0 Å². The molecular weight excluding hydrogens is 395 g/mol. The van der Waals surface area contributed by atoms with E-state index >= 15 is 0 Å². The van der Waals surface area contributed by atoms with E-state index in [9.17, 15) is 18.0 Å². The summed E-state index contributed by atoms with van der Waals surface area (Å²) in [5, 5.41) is 19.9. The third-order valence-corrected chi connectivity index (χ3v) is 5.38. The standard InChI is InChI=1S/C21H22F3N5O/c1-12(14-6-8-15(9-7-14)21(22,23)24)27-19-18(16(26)11-25)20(30)29-17(28-19)10-13-4-2-3-5-13/h6-9,12-13,26H,2-5,10H2,1H3,(H2,27,28,29,30). The van der Waals surface area contributed by atoms with Crippen LogP contribution in [-0.2, 0) is 12.6 Å². The van der Waals surface area contributed by atoms with Crippen molar-refractivity contribution in [2.75, 3.05) is 5.32 Å². The fourth-order valence-electron chi connectivity index (χ4n) is 3.75. The van der Waals surface area contributed by atoms with Crippen molar-refractivity contribution in [3.05, 3.63) is 57.1 Å². The lowest BCUT2D eigenvalue weighted by atomic mass is 10.0. The molecule has 158 valence electrons. The predicted octanol–water partition coefficient (Wildman–Crippen LogP) is 4.59. The van der Waals surface area contributed by atoms with E-state index in [0.717, 1.165) is 37.8 Å². The van der Waals surface area contributed by atoms with E-state index in [1.807, 2.05) is 0 Å². The lowest BCUT2D eigenvalue weighted by Gasteiger charge is -2.18. The van der Waals surface area contributed by atoms with Gasteiger partial charge in [0, 0.05) is 12.5 Å². The maximum atomic E-state index is 12.8. The molecule has 9 heteroatoms. The summed E-state index contributed by atoms with van der Waals surface area (Å²) in [6.07, 6.45) is 0.574. The quantitative estimate of drug-likeness (QED) is 0.598. The lowest BCUT2D eigenvalue weighted by Crippen LogP contribution is -2.25. The van der Waals surface area contributed by atoms with Crippen LogP contribution in [0.2, 0.25) is 0 Å². The van der Waals surface area contributed by atoms with Gasteiger partial charge >= 0.3 is 6.18 Å². The Morgan fingerprint density at radius 2 is 1.97 bits per heavy atom. The fourth-order valence-corrected chi connectivity index (χ4v) is 3.75. The Balaban J connectivity index is 1.90. The van der Waals surface area contributed by atoms with E-state index < -0.39 is 29.1 Å². The smallest absolute Gasteiger partial charge is 0.363 e. The van der Waals surface area contributed by atoms with Crippen molar-refractivity contribution in [3.8, 4) is 6.07 Å². The summed E-state index contributed by atoms with van der Waals surface area (Å²) in [6, 6.07) is 5.83. The van der Waals surface area contributed by atoms with Gasteiger partial charge in [-0.1, -0.05) is 37.8 Å².